The third-order valence-corrected chi connectivity index (χ3v) is 13.4. The maximum atomic E-state index is 2.44. The second-order valence-electron chi connectivity index (χ2n) is 15.7. The lowest BCUT2D eigenvalue weighted by atomic mass is 9.97. The van der Waals surface area contributed by atoms with E-state index in [1.165, 1.54) is 91.8 Å². The van der Waals surface area contributed by atoms with Crippen LogP contribution in [0.15, 0.2) is 231 Å². The first-order valence-corrected chi connectivity index (χ1v) is 21.7. The number of fused-ring (bicyclic) bond motifs is 7. The first-order valence-electron chi connectivity index (χ1n) is 20.8. The molecule has 2 nitrogen and oxygen atoms in total. The lowest BCUT2D eigenvalue weighted by Gasteiger charge is -2.29. The highest BCUT2D eigenvalue weighted by atomic mass is 32.1. The van der Waals surface area contributed by atoms with Crippen LogP contribution in [0.3, 0.4) is 0 Å². The van der Waals surface area contributed by atoms with Crippen molar-refractivity contribution in [3.05, 3.63) is 231 Å². The minimum atomic E-state index is 1.10. The minimum absolute atomic E-state index is 1.10. The average molecular weight is 795 g/mol. The predicted octanol–water partition coefficient (Wildman–Crippen LogP) is 16.8. The van der Waals surface area contributed by atoms with E-state index >= 15 is 0 Å². The number of anilines is 3. The molecule has 0 unspecified atom stereocenters. The van der Waals surface area contributed by atoms with Crippen molar-refractivity contribution in [2.45, 2.75) is 0 Å². The van der Waals surface area contributed by atoms with Gasteiger partial charge in [0.05, 0.1) is 28.1 Å². The van der Waals surface area contributed by atoms with Gasteiger partial charge in [-0.05, 0) is 88.3 Å². The zero-order valence-corrected chi connectivity index (χ0v) is 34.1. The normalized spacial score (nSPS) is 11.6. The average Bonchev–Trinajstić information content (AvgIpc) is 3.88. The van der Waals surface area contributed by atoms with Crippen molar-refractivity contribution in [3.8, 4) is 39.1 Å². The van der Waals surface area contributed by atoms with Gasteiger partial charge in [-0.25, -0.2) is 0 Å². The Balaban J connectivity index is 0.939. The third-order valence-electron chi connectivity index (χ3n) is 12.2. The molecule has 0 saturated heterocycles. The van der Waals surface area contributed by atoms with Gasteiger partial charge in [-0.1, -0.05) is 170 Å². The second-order valence-corrected chi connectivity index (χ2v) is 16.8. The lowest BCUT2D eigenvalue weighted by Crippen LogP contribution is -2.11. The highest BCUT2D eigenvalue weighted by Gasteiger charge is 2.20. The number of rotatable bonds is 7. The molecule has 12 rings (SSSR count). The van der Waals surface area contributed by atoms with E-state index in [9.17, 15) is 0 Å². The predicted molar refractivity (Wildman–Crippen MR) is 262 cm³/mol. The van der Waals surface area contributed by atoms with Crippen LogP contribution in [0.4, 0.5) is 17.1 Å². The third kappa shape index (κ3) is 5.93. The molecule has 0 aliphatic rings. The molecule has 286 valence electrons. The highest BCUT2D eigenvalue weighted by Crippen LogP contribution is 2.45. The van der Waals surface area contributed by atoms with E-state index in [2.05, 4.69) is 240 Å². The Kier molecular flexibility index (Phi) is 8.39. The van der Waals surface area contributed by atoms with Crippen molar-refractivity contribution >= 4 is 81.1 Å². The van der Waals surface area contributed by atoms with Gasteiger partial charge in [0.15, 0.2) is 0 Å². The summed E-state index contributed by atoms with van der Waals surface area (Å²) in [5, 5.41) is 7.56. The van der Waals surface area contributed by atoms with Crippen molar-refractivity contribution < 1.29 is 0 Å². The van der Waals surface area contributed by atoms with Crippen molar-refractivity contribution in [2.24, 2.45) is 0 Å². The van der Waals surface area contributed by atoms with E-state index < -0.39 is 0 Å². The van der Waals surface area contributed by atoms with Crippen LogP contribution in [0.5, 0.6) is 0 Å². The molecule has 0 fully saturated rings. The minimum Gasteiger partial charge on any atom is -0.309 e. The molecule has 12 aromatic rings. The topological polar surface area (TPSA) is 8.17 Å². The maximum Gasteiger partial charge on any atom is 0.0541 e. The van der Waals surface area contributed by atoms with Crippen molar-refractivity contribution in [2.75, 3.05) is 4.90 Å². The fourth-order valence-corrected chi connectivity index (χ4v) is 10.4. The largest absolute Gasteiger partial charge is 0.309 e. The number of nitrogens with zero attached hydrogens (tertiary/aromatic N) is 2. The zero-order chi connectivity index (χ0) is 40.3. The van der Waals surface area contributed by atoms with E-state index in [-0.39, 0.29) is 0 Å². The molecule has 61 heavy (non-hydrogen) atoms. The first-order chi connectivity index (χ1) is 30.3. The van der Waals surface area contributed by atoms with E-state index in [0.29, 0.717) is 0 Å². The smallest absolute Gasteiger partial charge is 0.0541 e. The Hall–Kier alpha value is -7.72. The zero-order valence-electron chi connectivity index (χ0n) is 33.2. The Bertz CT molecular complexity index is 3530. The number of thiophene rings is 1. The summed E-state index contributed by atoms with van der Waals surface area (Å²) in [5.41, 5.74) is 14.1. The molecule has 0 spiro atoms. The van der Waals surface area contributed by atoms with Gasteiger partial charge in [-0.15, -0.1) is 11.3 Å². The Labute approximate surface area is 358 Å². The molecule has 0 N–H and O–H groups in total. The van der Waals surface area contributed by atoms with Crippen molar-refractivity contribution in [1.29, 1.82) is 0 Å². The molecule has 0 aliphatic carbocycles. The first kappa shape index (κ1) is 35.2. The number of hydrogen-bond donors (Lipinski definition) is 0. The second kappa shape index (κ2) is 14.5. The molecule has 0 amide bonds. The fourth-order valence-electron chi connectivity index (χ4n) is 9.36. The van der Waals surface area contributed by atoms with Crippen LogP contribution in [0, 0.1) is 0 Å². The van der Waals surface area contributed by atoms with Gasteiger partial charge in [-0.2, -0.15) is 0 Å². The summed E-state index contributed by atoms with van der Waals surface area (Å²) in [5.74, 6) is 0. The molecular weight excluding hydrogens is 757 g/mol. The summed E-state index contributed by atoms with van der Waals surface area (Å²) in [6.45, 7) is 0. The number of benzene rings is 10. The van der Waals surface area contributed by atoms with Crippen molar-refractivity contribution in [1.82, 2.24) is 4.57 Å². The lowest BCUT2D eigenvalue weighted by molar-refractivity contribution is 1.18. The van der Waals surface area contributed by atoms with Gasteiger partial charge in [0, 0.05) is 53.1 Å². The van der Waals surface area contributed by atoms with Gasteiger partial charge < -0.3 is 9.47 Å². The molecule has 0 saturated carbocycles. The summed E-state index contributed by atoms with van der Waals surface area (Å²) < 4.78 is 5.04. The Morgan fingerprint density at radius 1 is 0.328 bits per heavy atom. The van der Waals surface area contributed by atoms with E-state index in [0.717, 1.165) is 17.1 Å². The molecule has 0 atom stereocenters. The molecule has 0 aliphatic heterocycles. The maximum absolute atomic E-state index is 2.44. The van der Waals surface area contributed by atoms with Gasteiger partial charge in [0.25, 0.3) is 0 Å². The van der Waals surface area contributed by atoms with E-state index in [1.54, 1.807) is 0 Å². The molecule has 2 aromatic heterocycles. The van der Waals surface area contributed by atoms with Crippen LogP contribution in [0.2, 0.25) is 0 Å². The summed E-state index contributed by atoms with van der Waals surface area (Å²) in [4.78, 5) is 2.44. The van der Waals surface area contributed by atoms with E-state index in [4.69, 9.17) is 0 Å². The number of para-hydroxylation sites is 4. The SMILES string of the molecule is c1ccc(N(c2ccc(-c3ccc(-c4ccccc4-n4c5ccccc5c5ccccc54)cc3)cc2)c2cccc3ccccc23)c(-c2ccc3sc4ccccc4c3c2)c1. The summed E-state index contributed by atoms with van der Waals surface area (Å²) in [6, 6.07) is 84.2. The quantitative estimate of drug-likeness (QED) is 0.156. The monoisotopic (exact) mass is 794 g/mol. The van der Waals surface area contributed by atoms with Crippen LogP contribution < -0.4 is 4.90 Å². The highest BCUT2D eigenvalue weighted by molar-refractivity contribution is 7.25. The summed E-state index contributed by atoms with van der Waals surface area (Å²) in [7, 11) is 0. The van der Waals surface area contributed by atoms with Crippen LogP contribution in [0.1, 0.15) is 0 Å². The van der Waals surface area contributed by atoms with Crippen molar-refractivity contribution in [3.63, 3.8) is 0 Å². The van der Waals surface area contributed by atoms with Gasteiger partial charge in [-0.3, -0.25) is 0 Å². The number of hydrogen-bond acceptors (Lipinski definition) is 2. The summed E-state index contributed by atoms with van der Waals surface area (Å²) >= 11 is 1.86. The Morgan fingerprint density at radius 2 is 0.852 bits per heavy atom. The standard InChI is InChI=1S/C58H38N2S/c1-2-16-45-41(14-1)15-13-26-53(45)59(52-22-8-4-18-47(52)43-34-37-58-51(38-43)50-21-7-12-27-57(50)61-58)44-35-32-40(33-36-44)39-28-30-42(31-29-39)46-17-3-9-23-54(46)60-55-24-10-5-19-48(55)49-20-6-11-25-56(49)60/h1-38H. The van der Waals surface area contributed by atoms with Crippen LogP contribution in [-0.4, -0.2) is 4.57 Å². The Morgan fingerprint density at radius 3 is 1.62 bits per heavy atom. The van der Waals surface area contributed by atoms with Crippen LogP contribution in [-0.2, 0) is 0 Å². The molecular formula is C58H38N2S. The van der Waals surface area contributed by atoms with Crippen LogP contribution in [0.25, 0.3) is 91.8 Å². The summed E-state index contributed by atoms with van der Waals surface area (Å²) in [6.07, 6.45) is 0. The van der Waals surface area contributed by atoms with Gasteiger partial charge in [0.2, 0.25) is 0 Å². The molecule has 0 radical (unpaired) electrons. The molecule has 3 heteroatoms. The van der Waals surface area contributed by atoms with Gasteiger partial charge >= 0.3 is 0 Å². The number of aromatic nitrogens is 1. The van der Waals surface area contributed by atoms with Gasteiger partial charge in [0.1, 0.15) is 0 Å². The fraction of sp³-hybridized carbons (Fsp3) is 0. The van der Waals surface area contributed by atoms with E-state index in [1.807, 2.05) is 11.3 Å². The molecule has 10 aromatic carbocycles. The molecule has 0 bridgehead atoms. The molecule has 2 heterocycles. The van der Waals surface area contributed by atoms with Crippen LogP contribution >= 0.6 is 11.3 Å².